The smallest absolute Gasteiger partial charge is 0.327 e. The second-order valence-electron chi connectivity index (χ2n) is 14.7. The van der Waals surface area contributed by atoms with E-state index in [0.717, 1.165) is 55.9 Å². The zero-order valence-corrected chi connectivity index (χ0v) is 30.1. The summed E-state index contributed by atoms with van der Waals surface area (Å²) < 4.78 is 39.1. The number of carbonyl (C=O) groups is 2. The molecule has 2 bridgehead atoms. The maximum absolute atomic E-state index is 14.3. The van der Waals surface area contributed by atoms with Gasteiger partial charge < -0.3 is 24.4 Å². The van der Waals surface area contributed by atoms with Gasteiger partial charge in [-0.1, -0.05) is 36.7 Å². The number of urea groups is 1. The monoisotopic (exact) mass is 710 g/mol. The van der Waals surface area contributed by atoms with Crippen molar-refractivity contribution in [3.05, 3.63) is 70.3 Å². The molecule has 5 aliphatic rings. The van der Waals surface area contributed by atoms with Crippen LogP contribution in [-0.2, 0) is 31.2 Å². The van der Waals surface area contributed by atoms with Crippen LogP contribution in [0.2, 0.25) is 5.02 Å². The van der Waals surface area contributed by atoms with Crippen LogP contribution in [0.4, 0.5) is 10.5 Å². The predicted octanol–water partition coefficient (Wildman–Crippen LogP) is 6.06. The maximum atomic E-state index is 14.3. The number of nitrogens with zero attached hydrogens (tertiary/aromatic N) is 2. The largest absolute Gasteiger partial charge is 0.490 e. The molecule has 2 fully saturated rings. The van der Waals surface area contributed by atoms with Gasteiger partial charge in [-0.05, 0) is 104 Å². The highest BCUT2D eigenvalue weighted by Crippen LogP contribution is 2.47. The van der Waals surface area contributed by atoms with Crippen LogP contribution in [0.5, 0.6) is 5.75 Å². The van der Waals surface area contributed by atoms with E-state index < -0.39 is 21.9 Å². The number of carbonyl (C=O) groups excluding carboxylic acids is 2. The number of allylic oxidation sites excluding steroid dienone is 1. The number of aryl methyl sites for hydroxylation is 1. The topological polar surface area (TPSA) is 119 Å². The van der Waals surface area contributed by atoms with Gasteiger partial charge in [0.25, 0.3) is 5.91 Å². The van der Waals surface area contributed by atoms with Crippen LogP contribution >= 0.6 is 11.6 Å². The van der Waals surface area contributed by atoms with Crippen LogP contribution < -0.4 is 19.7 Å². The molecule has 1 unspecified atom stereocenters. The van der Waals surface area contributed by atoms with Gasteiger partial charge in [0.05, 0.1) is 36.3 Å². The Balaban J connectivity index is 1.27. The minimum atomic E-state index is -3.48. The second kappa shape index (κ2) is 13.9. The summed E-state index contributed by atoms with van der Waals surface area (Å²) in [6.07, 6.45) is 10.5. The third-order valence-corrected chi connectivity index (χ3v) is 13.3. The normalized spacial score (nSPS) is 34.6. The van der Waals surface area contributed by atoms with Crippen LogP contribution in [-0.4, -0.2) is 74.1 Å². The molecule has 0 aromatic heterocycles. The Labute approximate surface area is 294 Å². The standard InChI is InChI=1S/C37H47ClN4O6S/c1-23-6-4-8-32(46-2)28-12-9-26(28)19-42-21-37(15-5-7-24-16-27(38)11-13-29(24)37)22-48-33-14-10-25(17-31(33)42)35(43)40-49(45,20-23)41-36(44)39-30-18-34(30)47-3/h4,8,10-11,13-14,16-17,23,26,28,30,32,34H,5-7,9,12,15,18-22H2,1-3H3,(H2,39,40,41,43,44,45)/b8-4-/t23-,26-,28+,30+,32-,34-,37-,49?/m0/s1. The van der Waals surface area contributed by atoms with Crippen molar-refractivity contribution in [1.29, 1.82) is 0 Å². The first-order valence-corrected chi connectivity index (χ1v) is 19.6. The van der Waals surface area contributed by atoms with Gasteiger partial charge in [-0.2, -0.15) is 0 Å². The number of halogens is 1. The molecule has 0 radical (unpaired) electrons. The Morgan fingerprint density at radius 1 is 1.16 bits per heavy atom. The van der Waals surface area contributed by atoms with Crippen LogP contribution in [0.3, 0.4) is 0 Å². The molecule has 2 aromatic rings. The Kier molecular flexibility index (Phi) is 9.73. The molecule has 1 spiro atoms. The lowest BCUT2D eigenvalue weighted by atomic mass is 9.68. The average molecular weight is 711 g/mol. The fourth-order valence-corrected chi connectivity index (χ4v) is 10.3. The summed E-state index contributed by atoms with van der Waals surface area (Å²) in [5, 5.41) is 3.54. The molecule has 264 valence electrons. The van der Waals surface area contributed by atoms with E-state index in [-0.39, 0.29) is 35.3 Å². The molecule has 2 N–H and O–H groups in total. The number of methoxy groups -OCH3 is 2. The minimum absolute atomic E-state index is 0.0185. The van der Waals surface area contributed by atoms with Gasteiger partial charge >= 0.3 is 6.03 Å². The molecule has 3 aliphatic carbocycles. The first-order valence-electron chi connectivity index (χ1n) is 17.5. The number of fused-ring (bicyclic) bond motifs is 4. The predicted molar refractivity (Wildman–Crippen MR) is 191 cm³/mol. The Morgan fingerprint density at radius 3 is 2.78 bits per heavy atom. The van der Waals surface area contributed by atoms with Crippen molar-refractivity contribution >= 4 is 39.1 Å². The summed E-state index contributed by atoms with van der Waals surface area (Å²) in [5.41, 5.74) is 3.42. The van der Waals surface area contributed by atoms with E-state index in [1.165, 1.54) is 11.1 Å². The highest BCUT2D eigenvalue weighted by atomic mass is 35.5. The van der Waals surface area contributed by atoms with Gasteiger partial charge in [-0.15, -0.1) is 4.36 Å². The summed E-state index contributed by atoms with van der Waals surface area (Å²) in [5.74, 6) is 0.700. The van der Waals surface area contributed by atoms with E-state index in [1.54, 1.807) is 20.3 Å². The van der Waals surface area contributed by atoms with E-state index in [4.69, 9.17) is 25.8 Å². The number of hydrogen-bond acceptors (Lipinski definition) is 7. The number of amides is 3. The molecule has 2 heterocycles. The highest BCUT2D eigenvalue weighted by Gasteiger charge is 2.44. The lowest BCUT2D eigenvalue weighted by Crippen LogP contribution is -2.49. The van der Waals surface area contributed by atoms with E-state index in [0.29, 0.717) is 42.6 Å². The number of nitrogens with one attached hydrogen (secondary N) is 2. The minimum Gasteiger partial charge on any atom is -0.490 e. The molecule has 8 atom stereocenters. The van der Waals surface area contributed by atoms with Crippen molar-refractivity contribution in [2.45, 2.75) is 75.5 Å². The molecule has 0 saturated heterocycles. The summed E-state index contributed by atoms with van der Waals surface area (Å²) in [6.45, 7) is 3.97. The molecule has 10 nitrogen and oxygen atoms in total. The van der Waals surface area contributed by atoms with E-state index in [1.807, 2.05) is 25.1 Å². The molecule has 2 aromatic carbocycles. The second-order valence-corrected chi connectivity index (χ2v) is 17.1. The number of benzene rings is 2. The van der Waals surface area contributed by atoms with E-state index in [2.05, 4.69) is 43.6 Å². The fraction of sp³-hybridized carbons (Fsp3) is 0.568. The first kappa shape index (κ1) is 34.3. The summed E-state index contributed by atoms with van der Waals surface area (Å²) in [6, 6.07) is 10.8. The molecule has 2 aliphatic heterocycles. The van der Waals surface area contributed by atoms with Crippen molar-refractivity contribution in [2.75, 3.05) is 44.6 Å². The van der Waals surface area contributed by atoms with Crippen molar-refractivity contribution in [1.82, 2.24) is 10.0 Å². The van der Waals surface area contributed by atoms with E-state index >= 15 is 0 Å². The van der Waals surface area contributed by atoms with Crippen LogP contribution in [0.25, 0.3) is 0 Å². The quantitative estimate of drug-likeness (QED) is 0.371. The molecule has 12 heteroatoms. The maximum Gasteiger partial charge on any atom is 0.327 e. The van der Waals surface area contributed by atoms with Crippen molar-refractivity contribution in [2.24, 2.45) is 22.1 Å². The van der Waals surface area contributed by atoms with Gasteiger partial charge in [0, 0.05) is 43.3 Å². The number of ether oxygens (including phenoxy) is 3. The first-order chi connectivity index (χ1) is 23.6. The number of anilines is 1. The summed E-state index contributed by atoms with van der Waals surface area (Å²) in [4.78, 5) is 29.2. The van der Waals surface area contributed by atoms with E-state index in [9.17, 15) is 13.8 Å². The van der Waals surface area contributed by atoms with Gasteiger partial charge in [0.15, 0.2) is 0 Å². The molecule has 2 saturated carbocycles. The third-order valence-electron chi connectivity index (χ3n) is 11.1. The van der Waals surface area contributed by atoms with Gasteiger partial charge in [0.1, 0.15) is 15.7 Å². The zero-order valence-electron chi connectivity index (χ0n) is 28.5. The van der Waals surface area contributed by atoms with Gasteiger partial charge in [0.2, 0.25) is 0 Å². The summed E-state index contributed by atoms with van der Waals surface area (Å²) in [7, 11) is -0.129. The Morgan fingerprint density at radius 2 is 2.02 bits per heavy atom. The fourth-order valence-electron chi connectivity index (χ4n) is 8.29. The van der Waals surface area contributed by atoms with Crippen LogP contribution in [0, 0.1) is 17.8 Å². The SMILES string of the molecule is CO[C@H]1/C=C\C[C@H](C)CS(=O)(NC(=O)N[C@@H]2C[C@@H]2OC)=NC(=O)c2ccc3c(c2)N(C[C@@H]2CC[C@H]21)C[C@@]1(CCCc2cc(Cl)ccc21)CO3. The number of rotatable bonds is 4. The molecular formula is C37H47ClN4O6S. The van der Waals surface area contributed by atoms with Crippen molar-refractivity contribution < 1.29 is 28.0 Å². The van der Waals surface area contributed by atoms with Gasteiger partial charge in [-0.25, -0.2) is 9.00 Å². The van der Waals surface area contributed by atoms with Gasteiger partial charge in [-0.3, -0.25) is 9.52 Å². The van der Waals surface area contributed by atoms with Crippen molar-refractivity contribution in [3.63, 3.8) is 0 Å². The Hall–Kier alpha value is -3.12. The molecule has 3 amide bonds. The molecule has 49 heavy (non-hydrogen) atoms. The Bertz CT molecular complexity index is 1760. The average Bonchev–Trinajstić information content (AvgIpc) is 3.83. The summed E-state index contributed by atoms with van der Waals surface area (Å²) >= 11 is 6.45. The van der Waals surface area contributed by atoms with Crippen molar-refractivity contribution in [3.8, 4) is 5.75 Å². The zero-order chi connectivity index (χ0) is 34.3. The third kappa shape index (κ3) is 7.22. The number of hydrogen-bond donors (Lipinski definition) is 2. The van der Waals surface area contributed by atoms with Crippen LogP contribution in [0.15, 0.2) is 52.9 Å². The highest BCUT2D eigenvalue weighted by molar-refractivity contribution is 7.92. The lowest BCUT2D eigenvalue weighted by molar-refractivity contribution is 0.0131. The molecular weight excluding hydrogens is 664 g/mol. The molecule has 7 rings (SSSR count). The van der Waals surface area contributed by atoms with Crippen LogP contribution in [0.1, 0.15) is 66.9 Å². The lowest BCUT2D eigenvalue weighted by Gasteiger charge is -2.46.